The molecule has 0 aliphatic heterocycles. The van der Waals surface area contributed by atoms with E-state index < -0.39 is 29.1 Å². The van der Waals surface area contributed by atoms with Crippen molar-refractivity contribution in [2.75, 3.05) is 10.6 Å². The maximum absolute atomic E-state index is 13.4. The van der Waals surface area contributed by atoms with Gasteiger partial charge in [0.1, 0.15) is 17.3 Å². The quantitative estimate of drug-likeness (QED) is 0.813. The Labute approximate surface area is 127 Å². The Bertz CT molecular complexity index is 687. The third-order valence-corrected chi connectivity index (χ3v) is 2.98. The average Bonchev–Trinajstić information content (AvgIpc) is 2.43. The molecular weight excluding hydrogens is 346 g/mol. The van der Waals surface area contributed by atoms with Crippen LogP contribution in [0.4, 0.5) is 20.2 Å². The van der Waals surface area contributed by atoms with E-state index in [-0.39, 0.29) is 0 Å². The minimum atomic E-state index is -1.17. The number of para-hydroxylation sites is 1. The molecule has 0 radical (unpaired) electrons. The van der Waals surface area contributed by atoms with Crippen LogP contribution < -0.4 is 10.6 Å². The van der Waals surface area contributed by atoms with E-state index in [1.54, 1.807) is 24.3 Å². The maximum Gasteiger partial charge on any atom is 0.314 e. The Morgan fingerprint density at radius 1 is 0.905 bits per heavy atom. The molecule has 2 N–H and O–H groups in total. The topological polar surface area (TPSA) is 58.2 Å². The summed E-state index contributed by atoms with van der Waals surface area (Å²) in [5.74, 6) is -4.12. The molecule has 2 aromatic rings. The van der Waals surface area contributed by atoms with Crippen LogP contribution in [0.25, 0.3) is 0 Å². The van der Waals surface area contributed by atoms with E-state index in [0.29, 0.717) is 10.2 Å². The van der Waals surface area contributed by atoms with Crippen molar-refractivity contribution in [1.29, 1.82) is 0 Å². The third kappa shape index (κ3) is 3.85. The van der Waals surface area contributed by atoms with Gasteiger partial charge in [-0.15, -0.1) is 0 Å². The molecule has 0 aliphatic carbocycles. The molecule has 21 heavy (non-hydrogen) atoms. The molecule has 0 fully saturated rings. The van der Waals surface area contributed by atoms with E-state index in [1.807, 2.05) is 5.32 Å². The van der Waals surface area contributed by atoms with Gasteiger partial charge in [-0.05, 0) is 30.3 Å². The van der Waals surface area contributed by atoms with Crippen LogP contribution in [-0.2, 0) is 9.59 Å². The molecule has 0 spiro atoms. The first-order valence-electron chi connectivity index (χ1n) is 5.79. The first-order valence-corrected chi connectivity index (χ1v) is 6.58. The molecule has 7 heteroatoms. The number of carbonyl (C=O) groups is 2. The summed E-state index contributed by atoms with van der Waals surface area (Å²) in [6.07, 6.45) is 0. The summed E-state index contributed by atoms with van der Waals surface area (Å²) in [6.45, 7) is 0. The van der Waals surface area contributed by atoms with Crippen LogP contribution in [0.3, 0.4) is 0 Å². The second-order valence-electron chi connectivity index (χ2n) is 4.02. The summed E-state index contributed by atoms with van der Waals surface area (Å²) >= 11 is 3.21. The molecule has 0 bridgehead atoms. The second-order valence-corrected chi connectivity index (χ2v) is 4.93. The van der Waals surface area contributed by atoms with E-state index in [1.165, 1.54) is 0 Å². The number of amides is 2. The van der Waals surface area contributed by atoms with Gasteiger partial charge in [-0.3, -0.25) is 9.59 Å². The predicted octanol–water partition coefficient (Wildman–Crippen LogP) is 3.30. The van der Waals surface area contributed by atoms with Gasteiger partial charge < -0.3 is 10.6 Å². The van der Waals surface area contributed by atoms with Crippen molar-refractivity contribution in [2.45, 2.75) is 0 Å². The lowest BCUT2D eigenvalue weighted by Gasteiger charge is -2.08. The molecule has 0 saturated heterocycles. The molecule has 0 heterocycles. The number of halogens is 3. The lowest BCUT2D eigenvalue weighted by atomic mass is 10.3. The smallest absolute Gasteiger partial charge is 0.314 e. The average molecular weight is 355 g/mol. The maximum atomic E-state index is 13.4. The standard InChI is InChI=1S/C14H9BrF2N2O2/c15-8-3-1-4-9(7-8)18-13(20)14(21)19-12-10(16)5-2-6-11(12)17/h1-7H,(H,18,20)(H,19,21). The second kappa shape index (κ2) is 6.45. The fourth-order valence-electron chi connectivity index (χ4n) is 1.54. The van der Waals surface area contributed by atoms with E-state index >= 15 is 0 Å². The van der Waals surface area contributed by atoms with E-state index in [9.17, 15) is 18.4 Å². The first kappa shape index (κ1) is 15.1. The van der Waals surface area contributed by atoms with Crippen molar-refractivity contribution >= 4 is 39.1 Å². The van der Waals surface area contributed by atoms with Gasteiger partial charge in [0.2, 0.25) is 0 Å². The van der Waals surface area contributed by atoms with Gasteiger partial charge in [0.25, 0.3) is 0 Å². The van der Waals surface area contributed by atoms with E-state index in [4.69, 9.17) is 0 Å². The van der Waals surface area contributed by atoms with Crippen LogP contribution in [0.2, 0.25) is 0 Å². The molecule has 108 valence electrons. The normalized spacial score (nSPS) is 10.0. The number of hydrogen-bond acceptors (Lipinski definition) is 2. The SMILES string of the molecule is O=C(Nc1cccc(Br)c1)C(=O)Nc1c(F)cccc1F. The number of anilines is 2. The van der Waals surface area contributed by atoms with Crippen LogP contribution in [0, 0.1) is 11.6 Å². The van der Waals surface area contributed by atoms with Crippen molar-refractivity contribution in [3.63, 3.8) is 0 Å². The highest BCUT2D eigenvalue weighted by Crippen LogP contribution is 2.18. The number of hydrogen-bond donors (Lipinski definition) is 2. The summed E-state index contributed by atoms with van der Waals surface area (Å²) in [5.41, 5.74) is -0.287. The third-order valence-electron chi connectivity index (χ3n) is 2.49. The minimum absolute atomic E-state index is 0.374. The van der Waals surface area contributed by atoms with Gasteiger partial charge in [0, 0.05) is 10.2 Å². The largest absolute Gasteiger partial charge is 0.318 e. The fraction of sp³-hybridized carbons (Fsp3) is 0. The molecule has 0 aliphatic rings. The lowest BCUT2D eigenvalue weighted by Crippen LogP contribution is -2.29. The van der Waals surface area contributed by atoms with Gasteiger partial charge in [0.15, 0.2) is 0 Å². The van der Waals surface area contributed by atoms with E-state index in [0.717, 1.165) is 18.2 Å². The summed E-state index contributed by atoms with van der Waals surface area (Å²) in [5, 5.41) is 4.22. The Balaban J connectivity index is 2.08. The zero-order valence-corrected chi connectivity index (χ0v) is 12.1. The van der Waals surface area contributed by atoms with Crippen LogP contribution in [-0.4, -0.2) is 11.8 Å². The van der Waals surface area contributed by atoms with Crippen molar-refractivity contribution in [1.82, 2.24) is 0 Å². The summed E-state index contributed by atoms with van der Waals surface area (Å²) in [6, 6.07) is 9.66. The van der Waals surface area contributed by atoms with Gasteiger partial charge in [-0.2, -0.15) is 0 Å². The Kier molecular flexibility index (Phi) is 4.64. The molecule has 2 rings (SSSR count). The van der Waals surface area contributed by atoms with Crippen LogP contribution in [0.1, 0.15) is 0 Å². The molecule has 0 aromatic heterocycles. The first-order chi connectivity index (χ1) is 9.97. The number of benzene rings is 2. The highest BCUT2D eigenvalue weighted by molar-refractivity contribution is 9.10. The highest BCUT2D eigenvalue weighted by Gasteiger charge is 2.18. The number of carbonyl (C=O) groups excluding carboxylic acids is 2. The van der Waals surface area contributed by atoms with Crippen molar-refractivity contribution < 1.29 is 18.4 Å². The Morgan fingerprint density at radius 2 is 1.48 bits per heavy atom. The number of nitrogens with one attached hydrogen (secondary N) is 2. The van der Waals surface area contributed by atoms with Gasteiger partial charge >= 0.3 is 11.8 Å². The Hall–Kier alpha value is -2.28. The summed E-state index contributed by atoms with van der Waals surface area (Å²) in [7, 11) is 0. The van der Waals surface area contributed by atoms with Crippen molar-refractivity contribution in [3.8, 4) is 0 Å². The van der Waals surface area contributed by atoms with Crippen LogP contribution in [0.15, 0.2) is 46.9 Å². The summed E-state index contributed by atoms with van der Waals surface area (Å²) in [4.78, 5) is 23.3. The predicted molar refractivity (Wildman–Crippen MR) is 77.8 cm³/mol. The Morgan fingerprint density at radius 3 is 2.10 bits per heavy atom. The zero-order valence-electron chi connectivity index (χ0n) is 10.5. The van der Waals surface area contributed by atoms with Gasteiger partial charge in [-0.25, -0.2) is 8.78 Å². The molecule has 4 nitrogen and oxygen atoms in total. The minimum Gasteiger partial charge on any atom is -0.318 e. The lowest BCUT2D eigenvalue weighted by molar-refractivity contribution is -0.133. The monoisotopic (exact) mass is 354 g/mol. The van der Waals surface area contributed by atoms with E-state index in [2.05, 4.69) is 21.2 Å². The number of rotatable bonds is 2. The van der Waals surface area contributed by atoms with Crippen LogP contribution >= 0.6 is 15.9 Å². The molecule has 2 aromatic carbocycles. The zero-order chi connectivity index (χ0) is 15.4. The van der Waals surface area contributed by atoms with Crippen molar-refractivity contribution in [2.24, 2.45) is 0 Å². The summed E-state index contributed by atoms with van der Waals surface area (Å²) < 4.78 is 27.4. The van der Waals surface area contributed by atoms with Gasteiger partial charge in [-0.1, -0.05) is 28.1 Å². The van der Waals surface area contributed by atoms with Crippen LogP contribution in [0.5, 0.6) is 0 Å². The van der Waals surface area contributed by atoms with Gasteiger partial charge in [0.05, 0.1) is 0 Å². The fourth-order valence-corrected chi connectivity index (χ4v) is 1.94. The highest BCUT2D eigenvalue weighted by atomic mass is 79.9. The molecule has 0 saturated carbocycles. The van der Waals surface area contributed by atoms with Crippen molar-refractivity contribution in [3.05, 3.63) is 58.6 Å². The molecule has 0 unspecified atom stereocenters. The molecule has 0 atom stereocenters. The molecule has 2 amide bonds. The molecular formula is C14H9BrF2N2O2.